The fourth-order valence-corrected chi connectivity index (χ4v) is 6.35. The normalized spacial score (nSPS) is 14.6. The number of ether oxygens (including phenoxy) is 3. The number of nitrogens with zero attached hydrogens (tertiary/aromatic N) is 3. The van der Waals surface area contributed by atoms with E-state index in [-0.39, 0.29) is 36.1 Å². The number of aromatic nitrogens is 1. The van der Waals surface area contributed by atoms with Crippen molar-refractivity contribution >= 4 is 45.0 Å². The average molecular weight is 693 g/mol. The van der Waals surface area contributed by atoms with Crippen LogP contribution < -0.4 is 24.4 Å². The SMILES string of the molecule is CCOC(=O)C1=C(C)N=c2s/c(=C/c3cc(Br)ccc3OCc3ccc([N+](=O)[O-])cc3)c(=O)n2[C@H]1c1ccccc1OC(C)C. The number of fused-ring (bicyclic) bond motifs is 1. The van der Waals surface area contributed by atoms with Gasteiger partial charge >= 0.3 is 5.97 Å². The Hall–Kier alpha value is -4.55. The molecule has 0 radical (unpaired) electrons. The molecule has 4 aromatic rings. The zero-order valence-electron chi connectivity index (χ0n) is 25.0. The molecule has 0 saturated heterocycles. The molecule has 45 heavy (non-hydrogen) atoms. The van der Waals surface area contributed by atoms with Crippen molar-refractivity contribution in [2.24, 2.45) is 4.99 Å². The molecule has 0 bridgehead atoms. The van der Waals surface area contributed by atoms with Gasteiger partial charge in [-0.2, -0.15) is 0 Å². The summed E-state index contributed by atoms with van der Waals surface area (Å²) < 4.78 is 20.3. The number of allylic oxidation sites excluding steroid dienone is 1. The van der Waals surface area contributed by atoms with E-state index >= 15 is 0 Å². The van der Waals surface area contributed by atoms with Gasteiger partial charge in [0.05, 0.1) is 33.4 Å². The molecule has 0 N–H and O–H groups in total. The molecule has 0 spiro atoms. The highest BCUT2D eigenvalue weighted by Crippen LogP contribution is 2.36. The number of hydrogen-bond acceptors (Lipinski definition) is 9. The van der Waals surface area contributed by atoms with E-state index in [0.717, 1.165) is 10.0 Å². The standard InChI is InChI=1S/C33H30BrN3O7S/c1-5-42-32(39)29-20(4)35-33-36(30(29)25-8-6-7-9-27(25)44-19(2)3)31(38)28(45-33)17-22-16-23(34)12-15-26(22)43-18-21-10-13-24(14-11-21)37(40)41/h6-17,19,30H,5,18H2,1-4H3/b28-17+/t30-/m0/s1. The highest BCUT2D eigenvalue weighted by Gasteiger charge is 2.35. The lowest BCUT2D eigenvalue weighted by Crippen LogP contribution is -2.40. The van der Waals surface area contributed by atoms with Crippen molar-refractivity contribution in [2.45, 2.75) is 46.4 Å². The third-order valence-electron chi connectivity index (χ3n) is 6.89. The van der Waals surface area contributed by atoms with Crippen molar-refractivity contribution < 1.29 is 23.9 Å². The molecule has 12 heteroatoms. The summed E-state index contributed by atoms with van der Waals surface area (Å²) in [5.41, 5.74) is 2.42. The number of hydrogen-bond donors (Lipinski definition) is 0. The molecule has 0 amide bonds. The largest absolute Gasteiger partial charge is 0.491 e. The fourth-order valence-electron chi connectivity index (χ4n) is 4.93. The van der Waals surface area contributed by atoms with Gasteiger partial charge in [-0.05, 0) is 75.7 Å². The molecule has 0 saturated carbocycles. The van der Waals surface area contributed by atoms with E-state index in [2.05, 4.69) is 20.9 Å². The van der Waals surface area contributed by atoms with E-state index in [0.29, 0.717) is 37.7 Å². The first-order valence-electron chi connectivity index (χ1n) is 14.2. The predicted molar refractivity (Wildman–Crippen MR) is 174 cm³/mol. The number of halogens is 1. The molecule has 1 aliphatic heterocycles. The van der Waals surface area contributed by atoms with Gasteiger partial charge in [0, 0.05) is 27.7 Å². The van der Waals surface area contributed by atoms with E-state index in [1.165, 1.54) is 28.0 Å². The summed E-state index contributed by atoms with van der Waals surface area (Å²) in [6.07, 6.45) is 1.59. The Morgan fingerprint density at radius 1 is 1.13 bits per heavy atom. The second-order valence-electron chi connectivity index (χ2n) is 10.4. The Bertz CT molecular complexity index is 1980. The smallest absolute Gasteiger partial charge is 0.338 e. The Balaban J connectivity index is 1.61. The van der Waals surface area contributed by atoms with Crippen LogP contribution in [0.5, 0.6) is 11.5 Å². The molecule has 2 heterocycles. The van der Waals surface area contributed by atoms with Crippen LogP contribution in [-0.4, -0.2) is 28.2 Å². The van der Waals surface area contributed by atoms with Gasteiger partial charge in [0.25, 0.3) is 11.2 Å². The maximum absolute atomic E-state index is 14.2. The monoisotopic (exact) mass is 691 g/mol. The number of nitro benzene ring substituents is 1. The van der Waals surface area contributed by atoms with Gasteiger partial charge in [0.2, 0.25) is 0 Å². The summed E-state index contributed by atoms with van der Waals surface area (Å²) in [6, 6.07) is 18.1. The Labute approximate surface area is 271 Å². The number of para-hydroxylation sites is 1. The van der Waals surface area contributed by atoms with Gasteiger partial charge < -0.3 is 14.2 Å². The molecular weight excluding hydrogens is 662 g/mol. The number of carbonyl (C=O) groups is 1. The van der Waals surface area contributed by atoms with Gasteiger partial charge in [-0.3, -0.25) is 19.5 Å². The minimum absolute atomic E-state index is 0.00324. The van der Waals surface area contributed by atoms with Crippen molar-refractivity contribution in [1.82, 2.24) is 4.57 Å². The minimum Gasteiger partial charge on any atom is -0.491 e. The highest BCUT2D eigenvalue weighted by atomic mass is 79.9. The predicted octanol–water partition coefficient (Wildman–Crippen LogP) is 5.84. The van der Waals surface area contributed by atoms with E-state index < -0.39 is 16.9 Å². The van der Waals surface area contributed by atoms with Crippen LogP contribution in [0, 0.1) is 10.1 Å². The van der Waals surface area contributed by atoms with Gasteiger partial charge in [-0.1, -0.05) is 45.5 Å². The summed E-state index contributed by atoms with van der Waals surface area (Å²) >= 11 is 4.71. The molecule has 0 aliphatic carbocycles. The van der Waals surface area contributed by atoms with Crippen molar-refractivity contribution in [1.29, 1.82) is 0 Å². The number of carbonyl (C=O) groups excluding carboxylic acids is 1. The summed E-state index contributed by atoms with van der Waals surface area (Å²) in [5.74, 6) is 0.516. The Morgan fingerprint density at radius 2 is 1.87 bits per heavy atom. The van der Waals surface area contributed by atoms with E-state index in [4.69, 9.17) is 14.2 Å². The number of thiazole rings is 1. The molecule has 5 rings (SSSR count). The lowest BCUT2D eigenvalue weighted by Gasteiger charge is -2.26. The zero-order valence-corrected chi connectivity index (χ0v) is 27.4. The van der Waals surface area contributed by atoms with Crippen molar-refractivity contribution in [3.05, 3.63) is 129 Å². The van der Waals surface area contributed by atoms with E-state index in [1.807, 2.05) is 50.2 Å². The van der Waals surface area contributed by atoms with E-state index in [1.54, 1.807) is 38.1 Å². The summed E-state index contributed by atoms with van der Waals surface area (Å²) in [7, 11) is 0. The number of nitro groups is 1. The molecule has 3 aromatic carbocycles. The molecule has 0 unspecified atom stereocenters. The minimum atomic E-state index is -0.822. The van der Waals surface area contributed by atoms with Gasteiger partial charge in [0.15, 0.2) is 4.80 Å². The van der Waals surface area contributed by atoms with Crippen molar-refractivity contribution in [3.63, 3.8) is 0 Å². The molecule has 10 nitrogen and oxygen atoms in total. The molecular formula is C33H30BrN3O7S. The van der Waals surface area contributed by atoms with Crippen LogP contribution in [0.3, 0.4) is 0 Å². The molecule has 1 atom stereocenters. The third kappa shape index (κ3) is 6.91. The number of rotatable bonds is 10. The van der Waals surface area contributed by atoms with Crippen molar-refractivity contribution in [2.75, 3.05) is 6.61 Å². The number of esters is 1. The van der Waals surface area contributed by atoms with Gasteiger partial charge in [0.1, 0.15) is 24.1 Å². The summed E-state index contributed by atoms with van der Waals surface area (Å²) in [6.45, 7) is 7.62. The summed E-state index contributed by atoms with van der Waals surface area (Å²) in [4.78, 5) is 43.2. The number of non-ortho nitro benzene ring substituents is 1. The Kier molecular flexibility index (Phi) is 9.64. The first kappa shape index (κ1) is 31.9. The fraction of sp³-hybridized carbons (Fsp3) is 0.242. The van der Waals surface area contributed by atoms with Crippen LogP contribution in [0.1, 0.15) is 50.4 Å². The topological polar surface area (TPSA) is 122 Å². The molecule has 1 aliphatic rings. The lowest BCUT2D eigenvalue weighted by atomic mass is 9.95. The second-order valence-corrected chi connectivity index (χ2v) is 12.3. The van der Waals surface area contributed by atoms with Crippen LogP contribution in [-0.2, 0) is 16.1 Å². The summed E-state index contributed by atoms with van der Waals surface area (Å²) in [5, 5.41) is 11.0. The quantitative estimate of drug-likeness (QED) is 0.116. The molecule has 0 fully saturated rings. The first-order valence-corrected chi connectivity index (χ1v) is 15.8. The van der Waals surface area contributed by atoms with Gasteiger partial charge in [-0.25, -0.2) is 9.79 Å². The zero-order chi connectivity index (χ0) is 32.2. The lowest BCUT2D eigenvalue weighted by molar-refractivity contribution is -0.384. The van der Waals surface area contributed by atoms with Crippen molar-refractivity contribution in [3.8, 4) is 11.5 Å². The second kappa shape index (κ2) is 13.6. The Morgan fingerprint density at radius 3 is 2.56 bits per heavy atom. The van der Waals surface area contributed by atoms with E-state index in [9.17, 15) is 19.7 Å². The van der Waals surface area contributed by atoms with Crippen LogP contribution >= 0.6 is 27.3 Å². The number of benzene rings is 3. The first-order chi connectivity index (χ1) is 21.6. The maximum Gasteiger partial charge on any atom is 0.338 e. The third-order valence-corrected chi connectivity index (χ3v) is 8.37. The van der Waals surface area contributed by atoms with Gasteiger partial charge in [-0.15, -0.1) is 0 Å². The van der Waals surface area contributed by atoms with Crippen LogP contribution in [0.4, 0.5) is 5.69 Å². The average Bonchev–Trinajstić information content (AvgIpc) is 3.30. The highest BCUT2D eigenvalue weighted by molar-refractivity contribution is 9.10. The van der Waals surface area contributed by atoms with Crippen LogP contribution in [0.25, 0.3) is 6.08 Å². The van der Waals surface area contributed by atoms with Crippen LogP contribution in [0.15, 0.2) is 92.3 Å². The molecule has 232 valence electrons. The molecule has 1 aromatic heterocycles. The maximum atomic E-state index is 14.2. The van der Waals surface area contributed by atoms with Crippen LogP contribution in [0.2, 0.25) is 0 Å².